The summed E-state index contributed by atoms with van der Waals surface area (Å²) in [5.74, 6) is 0.719. The number of halogens is 2. The summed E-state index contributed by atoms with van der Waals surface area (Å²) in [6, 6.07) is 1.39. The van der Waals surface area contributed by atoms with Crippen LogP contribution in [-0.4, -0.2) is 14.2 Å². The molecule has 1 aliphatic rings. The maximum atomic E-state index is 14.2. The number of hydrogen-bond donors (Lipinski definition) is 0. The predicted molar refractivity (Wildman–Crippen MR) is 74.8 cm³/mol. The van der Waals surface area contributed by atoms with Gasteiger partial charge in [0, 0.05) is 11.6 Å². The monoisotopic (exact) mass is 286 g/mol. The lowest BCUT2D eigenvalue weighted by atomic mass is 9.84. The number of alkyl halides is 1. The Hall–Kier alpha value is -0.960. The van der Waals surface area contributed by atoms with Gasteiger partial charge in [0.2, 0.25) is 0 Å². The Morgan fingerprint density at radius 3 is 2.58 bits per heavy atom. The summed E-state index contributed by atoms with van der Waals surface area (Å²) < 4.78 is 24.9. The molecule has 0 bridgehead atoms. The van der Waals surface area contributed by atoms with E-state index in [4.69, 9.17) is 21.1 Å². The van der Waals surface area contributed by atoms with Crippen LogP contribution in [0.2, 0.25) is 0 Å². The molecule has 1 aromatic carbocycles. The molecule has 0 aliphatic heterocycles. The summed E-state index contributed by atoms with van der Waals surface area (Å²) >= 11 is 6.52. The Bertz CT molecular complexity index is 486. The molecule has 1 unspecified atom stereocenters. The fraction of sp³-hybridized carbons (Fsp3) is 0.600. The predicted octanol–water partition coefficient (Wildman–Crippen LogP) is 4.49. The Kier molecular flexibility index (Phi) is 3.95. The van der Waals surface area contributed by atoms with Crippen molar-refractivity contribution in [3.8, 4) is 11.5 Å². The second-order valence-electron chi connectivity index (χ2n) is 5.82. The minimum atomic E-state index is -0.257. The summed E-state index contributed by atoms with van der Waals surface area (Å²) in [5, 5.41) is -0.257. The highest BCUT2D eigenvalue weighted by atomic mass is 35.5. The van der Waals surface area contributed by atoms with Gasteiger partial charge < -0.3 is 9.47 Å². The molecule has 0 saturated carbocycles. The smallest absolute Gasteiger partial charge is 0.165 e. The lowest BCUT2D eigenvalue weighted by molar-refractivity contribution is 0.311. The fourth-order valence-corrected chi connectivity index (χ4v) is 3.41. The second-order valence-corrected chi connectivity index (χ2v) is 6.35. The second kappa shape index (κ2) is 5.20. The molecular formula is C15H20ClFO2. The Balaban J connectivity index is 2.62. The first kappa shape index (κ1) is 14.4. The van der Waals surface area contributed by atoms with Crippen LogP contribution in [0.3, 0.4) is 0 Å². The van der Waals surface area contributed by atoms with Gasteiger partial charge in [0.1, 0.15) is 5.82 Å². The average molecular weight is 287 g/mol. The van der Waals surface area contributed by atoms with E-state index < -0.39 is 0 Å². The third-order valence-corrected chi connectivity index (χ3v) is 4.23. The highest BCUT2D eigenvalue weighted by Crippen LogP contribution is 2.49. The van der Waals surface area contributed by atoms with Crippen molar-refractivity contribution in [2.24, 2.45) is 5.41 Å². The molecule has 2 nitrogen and oxygen atoms in total. The fourth-order valence-electron chi connectivity index (χ4n) is 2.77. The SMILES string of the molecule is COc1cc(F)c2c(c1OC)C(Cl)CC(C)(C)CC2. The van der Waals surface area contributed by atoms with Crippen molar-refractivity contribution in [2.75, 3.05) is 14.2 Å². The van der Waals surface area contributed by atoms with Crippen LogP contribution in [0, 0.1) is 11.2 Å². The van der Waals surface area contributed by atoms with E-state index in [1.165, 1.54) is 13.2 Å². The minimum Gasteiger partial charge on any atom is -0.493 e. The number of benzene rings is 1. The van der Waals surface area contributed by atoms with E-state index in [0.717, 1.165) is 18.4 Å². The van der Waals surface area contributed by atoms with Crippen molar-refractivity contribution >= 4 is 11.6 Å². The van der Waals surface area contributed by atoms with E-state index >= 15 is 0 Å². The summed E-state index contributed by atoms with van der Waals surface area (Å²) in [4.78, 5) is 0. The molecule has 106 valence electrons. The van der Waals surface area contributed by atoms with Gasteiger partial charge in [-0.3, -0.25) is 0 Å². The number of ether oxygens (including phenoxy) is 2. The highest BCUT2D eigenvalue weighted by Gasteiger charge is 2.33. The molecule has 1 atom stereocenters. The van der Waals surface area contributed by atoms with Gasteiger partial charge in [0.25, 0.3) is 0 Å². The molecule has 19 heavy (non-hydrogen) atoms. The van der Waals surface area contributed by atoms with E-state index in [2.05, 4.69) is 13.8 Å². The molecule has 2 rings (SSSR count). The normalized spacial score (nSPS) is 21.5. The Morgan fingerprint density at radius 2 is 2.00 bits per heavy atom. The maximum Gasteiger partial charge on any atom is 0.165 e. The van der Waals surface area contributed by atoms with Gasteiger partial charge in [-0.2, -0.15) is 0 Å². The minimum absolute atomic E-state index is 0.0934. The van der Waals surface area contributed by atoms with E-state index in [1.54, 1.807) is 7.11 Å². The Labute approximate surface area is 118 Å². The summed E-state index contributed by atoms with van der Waals surface area (Å²) in [7, 11) is 3.07. The van der Waals surface area contributed by atoms with E-state index in [0.29, 0.717) is 23.5 Å². The van der Waals surface area contributed by atoms with Crippen LogP contribution in [0.4, 0.5) is 4.39 Å². The van der Waals surface area contributed by atoms with Gasteiger partial charge in [0.15, 0.2) is 11.5 Å². The van der Waals surface area contributed by atoms with Gasteiger partial charge in [-0.1, -0.05) is 13.8 Å². The van der Waals surface area contributed by atoms with Gasteiger partial charge in [-0.05, 0) is 30.2 Å². The molecule has 0 aromatic heterocycles. The van der Waals surface area contributed by atoms with E-state index in [1.807, 2.05) is 0 Å². The third-order valence-electron chi connectivity index (χ3n) is 3.86. The molecule has 0 radical (unpaired) electrons. The lowest BCUT2D eigenvalue weighted by Crippen LogP contribution is -2.12. The van der Waals surface area contributed by atoms with Gasteiger partial charge >= 0.3 is 0 Å². The average Bonchev–Trinajstić information content (AvgIpc) is 2.46. The van der Waals surface area contributed by atoms with Crippen LogP contribution in [0.25, 0.3) is 0 Å². The zero-order valence-corrected chi connectivity index (χ0v) is 12.6. The van der Waals surface area contributed by atoms with Crippen LogP contribution >= 0.6 is 11.6 Å². The quantitative estimate of drug-likeness (QED) is 0.589. The molecule has 0 N–H and O–H groups in total. The number of rotatable bonds is 2. The zero-order valence-electron chi connectivity index (χ0n) is 11.8. The topological polar surface area (TPSA) is 18.5 Å². The molecule has 1 aromatic rings. The summed E-state index contributed by atoms with van der Waals surface area (Å²) in [5.41, 5.74) is 1.52. The molecule has 0 fully saturated rings. The largest absolute Gasteiger partial charge is 0.493 e. The van der Waals surface area contributed by atoms with Crippen LogP contribution in [-0.2, 0) is 6.42 Å². The van der Waals surface area contributed by atoms with Gasteiger partial charge in [0.05, 0.1) is 19.6 Å². The van der Waals surface area contributed by atoms with Crippen molar-refractivity contribution in [1.82, 2.24) is 0 Å². The molecule has 0 amide bonds. The van der Waals surface area contributed by atoms with Crippen LogP contribution in [0.5, 0.6) is 11.5 Å². The number of hydrogen-bond acceptors (Lipinski definition) is 2. The third kappa shape index (κ3) is 2.66. The van der Waals surface area contributed by atoms with Gasteiger partial charge in [-0.25, -0.2) is 4.39 Å². The van der Waals surface area contributed by atoms with Crippen LogP contribution < -0.4 is 9.47 Å². The van der Waals surface area contributed by atoms with E-state index in [9.17, 15) is 4.39 Å². The molecular weight excluding hydrogens is 267 g/mol. The first-order valence-electron chi connectivity index (χ1n) is 6.47. The Morgan fingerprint density at radius 1 is 1.32 bits per heavy atom. The molecule has 0 spiro atoms. The maximum absolute atomic E-state index is 14.2. The van der Waals surface area contributed by atoms with Crippen LogP contribution in [0.15, 0.2) is 6.07 Å². The summed E-state index contributed by atoms with van der Waals surface area (Å²) in [6.45, 7) is 4.33. The van der Waals surface area contributed by atoms with Crippen molar-refractivity contribution in [3.63, 3.8) is 0 Å². The van der Waals surface area contributed by atoms with Crippen molar-refractivity contribution in [2.45, 2.75) is 38.5 Å². The first-order valence-corrected chi connectivity index (χ1v) is 6.90. The van der Waals surface area contributed by atoms with E-state index in [-0.39, 0.29) is 16.6 Å². The zero-order chi connectivity index (χ0) is 14.2. The molecule has 4 heteroatoms. The van der Waals surface area contributed by atoms with Crippen molar-refractivity contribution in [1.29, 1.82) is 0 Å². The number of methoxy groups -OCH3 is 2. The van der Waals surface area contributed by atoms with Gasteiger partial charge in [-0.15, -0.1) is 11.6 Å². The standard InChI is InChI=1S/C15H20ClFO2/c1-15(2)6-5-9-11(17)7-12(18-3)14(19-4)13(9)10(16)8-15/h7,10H,5-6,8H2,1-4H3. The lowest BCUT2D eigenvalue weighted by Gasteiger charge is -2.24. The number of fused-ring (bicyclic) bond motifs is 1. The molecule has 1 aliphatic carbocycles. The van der Waals surface area contributed by atoms with Crippen molar-refractivity contribution in [3.05, 3.63) is 23.0 Å². The summed E-state index contributed by atoms with van der Waals surface area (Å²) in [6.07, 6.45) is 2.39. The molecule has 0 heterocycles. The highest BCUT2D eigenvalue weighted by molar-refractivity contribution is 6.21. The first-order chi connectivity index (χ1) is 8.89. The molecule has 0 saturated heterocycles. The van der Waals surface area contributed by atoms with Crippen LogP contribution in [0.1, 0.15) is 43.2 Å². The van der Waals surface area contributed by atoms with Crippen molar-refractivity contribution < 1.29 is 13.9 Å².